The minimum absolute atomic E-state index is 0.149. The topological polar surface area (TPSA) is 52.6 Å². The summed E-state index contributed by atoms with van der Waals surface area (Å²) in [5, 5.41) is 0. The molecule has 25 heavy (non-hydrogen) atoms. The molecular weight excluding hydrogens is 316 g/mol. The van der Waals surface area contributed by atoms with Crippen molar-refractivity contribution in [2.45, 2.75) is 73.3 Å². The van der Waals surface area contributed by atoms with E-state index in [0.29, 0.717) is 26.1 Å². The summed E-state index contributed by atoms with van der Waals surface area (Å²) in [5.41, 5.74) is 6.35. The van der Waals surface area contributed by atoms with E-state index in [2.05, 4.69) is 26.8 Å². The van der Waals surface area contributed by atoms with Gasteiger partial charge in [0.25, 0.3) is 0 Å². The van der Waals surface area contributed by atoms with Crippen molar-refractivity contribution in [1.82, 2.24) is 0 Å². The molecule has 0 saturated carbocycles. The van der Waals surface area contributed by atoms with Gasteiger partial charge in [-0.3, -0.25) is 9.59 Å². The summed E-state index contributed by atoms with van der Waals surface area (Å²) in [6, 6.07) is 2.25. The van der Waals surface area contributed by atoms with Crippen LogP contribution in [-0.4, -0.2) is 18.5 Å². The van der Waals surface area contributed by atoms with E-state index < -0.39 is 0 Å². The van der Waals surface area contributed by atoms with Gasteiger partial charge >= 0.3 is 11.9 Å². The SMILES string of the molecule is CCCC(=O)OCCc1c(C)cc2c(c1COC(C)=O)CC(C)(C)C2. The number of hydrogen-bond acceptors (Lipinski definition) is 4. The summed E-state index contributed by atoms with van der Waals surface area (Å²) in [6.07, 6.45) is 3.94. The second-order valence-electron chi connectivity index (χ2n) is 7.81. The predicted molar refractivity (Wildman–Crippen MR) is 97.4 cm³/mol. The van der Waals surface area contributed by atoms with Crippen molar-refractivity contribution in [3.63, 3.8) is 0 Å². The Bertz CT molecular complexity index is 658. The van der Waals surface area contributed by atoms with Crippen LogP contribution in [0.3, 0.4) is 0 Å². The molecule has 0 atom stereocenters. The second-order valence-corrected chi connectivity index (χ2v) is 7.81. The molecule has 0 fully saturated rings. The van der Waals surface area contributed by atoms with E-state index in [4.69, 9.17) is 9.47 Å². The Labute approximate surface area is 150 Å². The van der Waals surface area contributed by atoms with Crippen LogP contribution >= 0.6 is 0 Å². The normalized spacial score (nSPS) is 14.9. The molecule has 1 aliphatic carbocycles. The van der Waals surface area contributed by atoms with E-state index in [1.54, 1.807) is 0 Å². The molecule has 0 aliphatic heterocycles. The number of benzene rings is 1. The lowest BCUT2D eigenvalue weighted by atomic mass is 9.89. The minimum Gasteiger partial charge on any atom is -0.465 e. The highest BCUT2D eigenvalue weighted by Gasteiger charge is 2.32. The van der Waals surface area contributed by atoms with E-state index in [0.717, 1.165) is 30.4 Å². The van der Waals surface area contributed by atoms with Crippen LogP contribution in [0.5, 0.6) is 0 Å². The van der Waals surface area contributed by atoms with Crippen LogP contribution in [0.4, 0.5) is 0 Å². The summed E-state index contributed by atoms with van der Waals surface area (Å²) in [4.78, 5) is 22.9. The molecule has 0 N–H and O–H groups in total. The van der Waals surface area contributed by atoms with Gasteiger partial charge in [-0.2, -0.15) is 0 Å². The van der Waals surface area contributed by atoms with Gasteiger partial charge < -0.3 is 9.47 Å². The standard InChI is InChI=1S/C21H30O4/c1-6-7-20(23)24-9-8-17-14(2)10-16-11-21(4,5)12-18(16)19(17)13-25-15(3)22/h10H,6-9,11-13H2,1-5H3. The Kier molecular flexibility index (Phi) is 6.26. The fourth-order valence-corrected chi connectivity index (χ4v) is 3.72. The number of esters is 2. The van der Waals surface area contributed by atoms with Gasteiger partial charge in [-0.15, -0.1) is 0 Å². The second kappa shape index (κ2) is 8.03. The van der Waals surface area contributed by atoms with Gasteiger partial charge in [0.05, 0.1) is 6.61 Å². The lowest BCUT2D eigenvalue weighted by Gasteiger charge is -2.18. The van der Waals surface area contributed by atoms with E-state index in [1.165, 1.54) is 23.6 Å². The summed E-state index contributed by atoms with van der Waals surface area (Å²) < 4.78 is 10.7. The first kappa shape index (κ1) is 19.5. The van der Waals surface area contributed by atoms with Crippen LogP contribution in [0.2, 0.25) is 0 Å². The van der Waals surface area contributed by atoms with Crippen molar-refractivity contribution in [3.8, 4) is 0 Å². The van der Waals surface area contributed by atoms with Gasteiger partial charge in [-0.1, -0.05) is 26.8 Å². The third-order valence-corrected chi connectivity index (χ3v) is 4.80. The number of aryl methyl sites for hydroxylation is 1. The number of ether oxygens (including phenoxy) is 2. The Morgan fingerprint density at radius 1 is 1.16 bits per heavy atom. The Hall–Kier alpha value is -1.84. The van der Waals surface area contributed by atoms with Crippen molar-refractivity contribution < 1.29 is 19.1 Å². The summed E-state index contributed by atoms with van der Waals surface area (Å²) in [5.74, 6) is -0.420. The highest BCUT2D eigenvalue weighted by atomic mass is 16.5. The van der Waals surface area contributed by atoms with Crippen molar-refractivity contribution in [2.24, 2.45) is 5.41 Å². The van der Waals surface area contributed by atoms with Gasteiger partial charge in [0.2, 0.25) is 0 Å². The first-order chi connectivity index (χ1) is 11.7. The number of rotatable bonds is 7. The Morgan fingerprint density at radius 2 is 1.88 bits per heavy atom. The van der Waals surface area contributed by atoms with E-state index in [9.17, 15) is 9.59 Å². The highest BCUT2D eigenvalue weighted by molar-refractivity contribution is 5.69. The smallest absolute Gasteiger partial charge is 0.305 e. The minimum atomic E-state index is -0.271. The molecule has 0 bridgehead atoms. The van der Waals surface area contributed by atoms with E-state index in [-0.39, 0.29) is 17.4 Å². The van der Waals surface area contributed by atoms with Gasteiger partial charge in [0.1, 0.15) is 6.61 Å². The number of hydrogen-bond donors (Lipinski definition) is 0. The fourth-order valence-electron chi connectivity index (χ4n) is 3.72. The molecule has 4 heteroatoms. The van der Waals surface area contributed by atoms with Gasteiger partial charge in [0.15, 0.2) is 0 Å². The first-order valence-corrected chi connectivity index (χ1v) is 9.15. The zero-order valence-corrected chi connectivity index (χ0v) is 16.2. The lowest BCUT2D eigenvalue weighted by molar-refractivity contribution is -0.143. The molecule has 1 aliphatic rings. The van der Waals surface area contributed by atoms with Gasteiger partial charge in [-0.05, 0) is 59.4 Å². The molecule has 0 aromatic heterocycles. The molecular formula is C21H30O4. The first-order valence-electron chi connectivity index (χ1n) is 9.15. The maximum atomic E-state index is 11.6. The molecule has 0 amide bonds. The molecule has 0 radical (unpaired) electrons. The fraction of sp³-hybridized carbons (Fsp3) is 0.619. The summed E-state index contributed by atoms with van der Waals surface area (Å²) in [6.45, 7) is 10.7. The lowest BCUT2D eigenvalue weighted by Crippen LogP contribution is -2.13. The molecule has 0 unspecified atom stereocenters. The van der Waals surface area contributed by atoms with Crippen LogP contribution in [0.15, 0.2) is 6.07 Å². The van der Waals surface area contributed by atoms with Crippen molar-refractivity contribution in [3.05, 3.63) is 33.9 Å². The maximum absolute atomic E-state index is 11.6. The Balaban J connectivity index is 2.25. The molecule has 4 nitrogen and oxygen atoms in total. The number of fused-ring (bicyclic) bond motifs is 1. The van der Waals surface area contributed by atoms with Crippen LogP contribution in [0.25, 0.3) is 0 Å². The summed E-state index contributed by atoms with van der Waals surface area (Å²) >= 11 is 0. The molecule has 0 spiro atoms. The third-order valence-electron chi connectivity index (χ3n) is 4.80. The zero-order valence-electron chi connectivity index (χ0n) is 16.2. The third kappa shape index (κ3) is 5.07. The highest BCUT2D eigenvalue weighted by Crippen LogP contribution is 2.40. The largest absolute Gasteiger partial charge is 0.465 e. The van der Waals surface area contributed by atoms with Crippen LogP contribution in [0.1, 0.15) is 68.4 Å². The number of carbonyl (C=O) groups is 2. The molecule has 138 valence electrons. The van der Waals surface area contributed by atoms with Crippen molar-refractivity contribution >= 4 is 11.9 Å². The monoisotopic (exact) mass is 346 g/mol. The van der Waals surface area contributed by atoms with Crippen molar-refractivity contribution in [1.29, 1.82) is 0 Å². The van der Waals surface area contributed by atoms with E-state index in [1.807, 2.05) is 6.92 Å². The Morgan fingerprint density at radius 3 is 2.52 bits per heavy atom. The average Bonchev–Trinajstić information content (AvgIpc) is 2.80. The zero-order chi connectivity index (χ0) is 18.6. The van der Waals surface area contributed by atoms with Gasteiger partial charge in [0, 0.05) is 19.8 Å². The molecule has 0 saturated heterocycles. The molecule has 1 aromatic carbocycles. The molecule has 0 heterocycles. The summed E-state index contributed by atoms with van der Waals surface area (Å²) in [7, 11) is 0. The van der Waals surface area contributed by atoms with Gasteiger partial charge in [-0.25, -0.2) is 0 Å². The number of carbonyl (C=O) groups excluding carboxylic acids is 2. The van der Waals surface area contributed by atoms with Crippen molar-refractivity contribution in [2.75, 3.05) is 6.61 Å². The van der Waals surface area contributed by atoms with E-state index >= 15 is 0 Å². The predicted octanol–water partition coefficient (Wildman–Crippen LogP) is 4.07. The quantitative estimate of drug-likeness (QED) is 0.699. The molecule has 2 rings (SSSR count). The maximum Gasteiger partial charge on any atom is 0.305 e. The average molecular weight is 346 g/mol. The van der Waals surface area contributed by atoms with Crippen LogP contribution < -0.4 is 0 Å². The van der Waals surface area contributed by atoms with Crippen LogP contribution in [0, 0.1) is 12.3 Å². The van der Waals surface area contributed by atoms with Crippen LogP contribution in [-0.2, 0) is 44.9 Å². The molecule has 1 aromatic rings.